The molecule has 0 bridgehead atoms. The molecule has 0 aliphatic rings. The van der Waals surface area contributed by atoms with Crippen molar-refractivity contribution in [2.75, 3.05) is 5.32 Å². The molecule has 104 valence electrons. The summed E-state index contributed by atoms with van der Waals surface area (Å²) in [6.45, 7) is 4.49. The van der Waals surface area contributed by atoms with E-state index in [1.54, 1.807) is 11.3 Å². The summed E-state index contributed by atoms with van der Waals surface area (Å²) < 4.78 is 2.35. The quantitative estimate of drug-likeness (QED) is 0.641. The molecule has 0 radical (unpaired) electrons. The van der Waals surface area contributed by atoms with Crippen LogP contribution < -0.4 is 5.32 Å². The Hall–Kier alpha value is -0.610. The second kappa shape index (κ2) is 7.25. The van der Waals surface area contributed by atoms with Gasteiger partial charge in [-0.3, -0.25) is 0 Å². The van der Waals surface area contributed by atoms with Crippen molar-refractivity contribution in [1.29, 1.82) is 0 Å². The van der Waals surface area contributed by atoms with Gasteiger partial charge in [-0.1, -0.05) is 59.9 Å². The van der Waals surface area contributed by atoms with E-state index in [-0.39, 0.29) is 0 Å². The number of nitrogens with one attached hydrogen (secondary N) is 1. The molecule has 0 spiro atoms. The zero-order valence-electron chi connectivity index (χ0n) is 11.6. The summed E-state index contributed by atoms with van der Waals surface area (Å²) in [5.41, 5.74) is 1.08. The van der Waals surface area contributed by atoms with E-state index in [0.717, 1.165) is 15.1 Å². The van der Waals surface area contributed by atoms with Gasteiger partial charge < -0.3 is 5.32 Å². The van der Waals surface area contributed by atoms with Crippen molar-refractivity contribution in [2.24, 2.45) is 0 Å². The number of nitrogens with zero attached hydrogens (tertiary/aromatic N) is 1. The topological polar surface area (TPSA) is 24.9 Å². The maximum Gasteiger partial charge on any atom is 0.183 e. The highest BCUT2D eigenvalue weighted by atomic mass is 79.9. The van der Waals surface area contributed by atoms with Crippen molar-refractivity contribution in [2.45, 2.75) is 52.0 Å². The maximum absolute atomic E-state index is 4.62. The van der Waals surface area contributed by atoms with E-state index < -0.39 is 0 Å². The number of halogens is 1. The molecule has 0 aliphatic carbocycles. The summed E-state index contributed by atoms with van der Waals surface area (Å²) in [6.07, 6.45) is 6.52. The summed E-state index contributed by atoms with van der Waals surface area (Å²) >= 11 is 5.23. The average Bonchev–Trinajstić information content (AvgIpc) is 2.76. The van der Waals surface area contributed by atoms with Crippen molar-refractivity contribution >= 4 is 42.6 Å². The number of anilines is 1. The molecule has 0 amide bonds. The smallest absolute Gasteiger partial charge is 0.183 e. The average molecular weight is 341 g/mol. The lowest BCUT2D eigenvalue weighted by molar-refractivity contribution is 0.594. The molecule has 2 aromatic rings. The maximum atomic E-state index is 4.62. The zero-order chi connectivity index (χ0) is 13.7. The molecule has 1 aromatic carbocycles. The van der Waals surface area contributed by atoms with Crippen LogP contribution in [0.2, 0.25) is 0 Å². The fourth-order valence-electron chi connectivity index (χ4n) is 2.12. The second-order valence-corrected chi connectivity index (χ2v) is 6.97. The molecule has 0 saturated heterocycles. The van der Waals surface area contributed by atoms with Gasteiger partial charge in [0.05, 0.1) is 10.2 Å². The number of aromatic nitrogens is 1. The number of hydrogen-bond acceptors (Lipinski definition) is 3. The third kappa shape index (κ3) is 4.46. The second-order valence-electron chi connectivity index (χ2n) is 5.03. The number of hydrogen-bond donors (Lipinski definition) is 1. The minimum absolute atomic E-state index is 0.501. The Labute approximate surface area is 127 Å². The van der Waals surface area contributed by atoms with Gasteiger partial charge in [-0.05, 0) is 31.5 Å². The summed E-state index contributed by atoms with van der Waals surface area (Å²) in [4.78, 5) is 4.62. The Balaban J connectivity index is 1.89. The molecule has 4 heteroatoms. The van der Waals surface area contributed by atoms with Crippen LogP contribution in [0.25, 0.3) is 10.2 Å². The van der Waals surface area contributed by atoms with E-state index in [2.05, 4.69) is 52.2 Å². The minimum atomic E-state index is 0.501. The van der Waals surface area contributed by atoms with Gasteiger partial charge in [0.2, 0.25) is 0 Å². The number of fused-ring (bicyclic) bond motifs is 1. The van der Waals surface area contributed by atoms with E-state index in [1.165, 1.54) is 36.8 Å². The van der Waals surface area contributed by atoms with Gasteiger partial charge in [-0.2, -0.15) is 0 Å². The van der Waals surface area contributed by atoms with Crippen LogP contribution in [0.15, 0.2) is 22.7 Å². The van der Waals surface area contributed by atoms with Crippen molar-refractivity contribution < 1.29 is 0 Å². The molecule has 1 aromatic heterocycles. The van der Waals surface area contributed by atoms with Crippen LogP contribution in [0.1, 0.15) is 46.0 Å². The molecule has 2 nitrogen and oxygen atoms in total. The number of rotatable bonds is 7. The molecule has 2 rings (SSSR count). The third-order valence-electron chi connectivity index (χ3n) is 3.21. The first-order valence-corrected chi connectivity index (χ1v) is 8.62. The highest BCUT2D eigenvalue weighted by molar-refractivity contribution is 9.10. The highest BCUT2D eigenvalue weighted by Gasteiger charge is 2.07. The van der Waals surface area contributed by atoms with Crippen LogP contribution in [0.3, 0.4) is 0 Å². The molecule has 0 aliphatic heterocycles. The molecular formula is C15H21BrN2S. The van der Waals surface area contributed by atoms with Crippen LogP contribution in [0, 0.1) is 0 Å². The molecule has 0 fully saturated rings. The lowest BCUT2D eigenvalue weighted by atomic mass is 10.1. The molecule has 1 atom stereocenters. The zero-order valence-corrected chi connectivity index (χ0v) is 14.0. The fourth-order valence-corrected chi connectivity index (χ4v) is 3.65. The van der Waals surface area contributed by atoms with Gasteiger partial charge in [-0.15, -0.1) is 0 Å². The first-order chi connectivity index (χ1) is 9.19. The third-order valence-corrected chi connectivity index (χ3v) is 4.65. The van der Waals surface area contributed by atoms with E-state index in [1.807, 2.05) is 6.07 Å². The number of unbranched alkanes of at least 4 members (excludes halogenated alkanes) is 3. The highest BCUT2D eigenvalue weighted by Crippen LogP contribution is 2.29. The van der Waals surface area contributed by atoms with E-state index in [9.17, 15) is 0 Å². The predicted octanol–water partition coefficient (Wildman–Crippen LogP) is 5.83. The lowest BCUT2D eigenvalue weighted by Gasteiger charge is -2.12. The first-order valence-electron chi connectivity index (χ1n) is 7.01. The van der Waals surface area contributed by atoms with Gasteiger partial charge in [0.25, 0.3) is 0 Å². The van der Waals surface area contributed by atoms with Crippen molar-refractivity contribution in [3.05, 3.63) is 22.7 Å². The monoisotopic (exact) mass is 340 g/mol. The van der Waals surface area contributed by atoms with Crippen LogP contribution in [-0.2, 0) is 0 Å². The van der Waals surface area contributed by atoms with Crippen LogP contribution in [0.4, 0.5) is 5.13 Å². The molecular weight excluding hydrogens is 320 g/mol. The first kappa shape index (κ1) is 14.8. The standard InChI is InChI=1S/C15H21BrN2S/c1-3-4-5-6-7-11(2)17-15-18-13-9-8-12(16)10-14(13)19-15/h8-11H,3-7H2,1-2H3,(H,17,18). The number of benzene rings is 1. The Morgan fingerprint density at radius 2 is 2.16 bits per heavy atom. The summed E-state index contributed by atoms with van der Waals surface area (Å²) in [6, 6.07) is 6.73. The van der Waals surface area contributed by atoms with Gasteiger partial charge in [-0.25, -0.2) is 4.98 Å². The normalized spacial score (nSPS) is 12.8. The summed E-state index contributed by atoms with van der Waals surface area (Å²) in [5, 5.41) is 4.56. The molecule has 1 heterocycles. The SMILES string of the molecule is CCCCCCC(C)Nc1nc2ccc(Br)cc2s1. The van der Waals surface area contributed by atoms with Crippen LogP contribution in [-0.4, -0.2) is 11.0 Å². The Bertz CT molecular complexity index is 524. The fraction of sp³-hybridized carbons (Fsp3) is 0.533. The van der Waals surface area contributed by atoms with Crippen molar-refractivity contribution in [1.82, 2.24) is 4.98 Å². The van der Waals surface area contributed by atoms with E-state index in [0.29, 0.717) is 6.04 Å². The van der Waals surface area contributed by atoms with E-state index in [4.69, 9.17) is 0 Å². The lowest BCUT2D eigenvalue weighted by Crippen LogP contribution is -2.14. The van der Waals surface area contributed by atoms with Crippen molar-refractivity contribution in [3.8, 4) is 0 Å². The molecule has 19 heavy (non-hydrogen) atoms. The van der Waals surface area contributed by atoms with Crippen molar-refractivity contribution in [3.63, 3.8) is 0 Å². The molecule has 1 unspecified atom stereocenters. The van der Waals surface area contributed by atoms with Crippen LogP contribution in [0.5, 0.6) is 0 Å². The Kier molecular flexibility index (Phi) is 5.64. The van der Waals surface area contributed by atoms with Crippen LogP contribution >= 0.6 is 27.3 Å². The minimum Gasteiger partial charge on any atom is -0.359 e. The molecule has 1 N–H and O–H groups in total. The summed E-state index contributed by atoms with van der Waals surface area (Å²) in [5.74, 6) is 0. The summed E-state index contributed by atoms with van der Waals surface area (Å²) in [7, 11) is 0. The number of thiazole rings is 1. The predicted molar refractivity (Wildman–Crippen MR) is 89.2 cm³/mol. The van der Waals surface area contributed by atoms with Gasteiger partial charge >= 0.3 is 0 Å². The molecule has 0 saturated carbocycles. The van der Waals surface area contributed by atoms with Gasteiger partial charge in [0.1, 0.15) is 0 Å². The van der Waals surface area contributed by atoms with Gasteiger partial charge in [0.15, 0.2) is 5.13 Å². The van der Waals surface area contributed by atoms with Gasteiger partial charge in [0, 0.05) is 10.5 Å². The van der Waals surface area contributed by atoms with E-state index >= 15 is 0 Å². The largest absolute Gasteiger partial charge is 0.359 e. The Morgan fingerprint density at radius 3 is 2.95 bits per heavy atom. The Morgan fingerprint density at radius 1 is 1.32 bits per heavy atom.